The third-order valence-electron chi connectivity index (χ3n) is 18.9. The summed E-state index contributed by atoms with van der Waals surface area (Å²) in [5, 5.41) is 15.3. The number of allylic oxidation sites excluding steroid dienone is 5. The molecule has 2 N–H and O–H groups in total. The van der Waals surface area contributed by atoms with E-state index in [4.69, 9.17) is 16.3 Å². The summed E-state index contributed by atoms with van der Waals surface area (Å²) in [7, 11) is -2.88. The van der Waals surface area contributed by atoms with E-state index in [1.165, 1.54) is 68.1 Å². The number of aliphatic carboxylic acids is 1. The van der Waals surface area contributed by atoms with E-state index in [-0.39, 0.29) is 33.8 Å². The predicted octanol–water partition coefficient (Wildman–Crippen LogP) is 9.95. The molecule has 8 nitrogen and oxygen atoms in total. The number of nitrogens with zero attached hydrogens (tertiary/aromatic N) is 2. The van der Waals surface area contributed by atoms with E-state index in [0.717, 1.165) is 25.9 Å². The summed E-state index contributed by atoms with van der Waals surface area (Å²) in [6, 6.07) is 3.37. The van der Waals surface area contributed by atoms with E-state index < -0.39 is 21.2 Å². The van der Waals surface area contributed by atoms with Gasteiger partial charge in [-0.05, 0) is 159 Å². The standard InChI is InChI=1S/C49H72ClN3O5S/c1-33(2)36-12-20-49(52-25-26-53-27-30-59(56,57)31-28-53)22-21-46(6)38(42(36)49)8-9-40-45(5)16-13-37(44(3,4)39(45)14-17-47(40,46)7)34-10-18-48(19-11-34,43(54)55)23-29-58-41-32-35(50)15-24-51-41/h10,13,15,24,32,36,38-40,42,52H,1,8-9,11-12,14,16-23,25-31H2,2-7H3,(H,54,55)/t36-,38+,39-,40+,42+,45-,46+,47+,48?,49-/m0/s1. The molecule has 7 aliphatic rings. The lowest BCUT2D eigenvalue weighted by molar-refractivity contribution is -0.221. The molecule has 2 heterocycles. The van der Waals surface area contributed by atoms with Gasteiger partial charge in [-0.2, -0.15) is 0 Å². The number of nitrogens with one attached hydrogen (secondary N) is 1. The van der Waals surface area contributed by atoms with E-state index in [0.29, 0.717) is 84.3 Å². The van der Waals surface area contributed by atoms with Crippen LogP contribution in [0, 0.1) is 56.7 Å². The summed E-state index contributed by atoms with van der Waals surface area (Å²) >= 11 is 6.12. The Hall–Kier alpha value is -2.20. The lowest BCUT2D eigenvalue weighted by Gasteiger charge is -2.72. The second-order valence-corrected chi connectivity index (χ2v) is 24.5. The van der Waals surface area contributed by atoms with Crippen LogP contribution in [-0.4, -0.2) is 79.2 Å². The topological polar surface area (TPSA) is 109 Å². The average Bonchev–Trinajstić information content (AvgIpc) is 3.56. The SMILES string of the molecule is C=C(C)[C@@H]1CC[C@]2(NCCN3CCS(=O)(=O)CC3)CC[C@]3(C)[C@H](CC[C@@H]4[C@@]5(C)CC=C(C6=CCC(CCOc7cc(Cl)ccn7)(C(=O)O)CC6)C(C)(C)[C@@H]5CC[C@]43C)[C@@H]12. The Morgan fingerprint density at radius 2 is 1.75 bits per heavy atom. The number of fused-ring (bicyclic) bond motifs is 7. The number of pyridine rings is 1. The number of carboxylic acid groups (broad SMARTS) is 1. The minimum absolute atomic E-state index is 0.00315. The van der Waals surface area contributed by atoms with Crippen molar-refractivity contribution in [2.45, 2.75) is 131 Å². The van der Waals surface area contributed by atoms with Crippen LogP contribution in [0.5, 0.6) is 5.88 Å². The van der Waals surface area contributed by atoms with Crippen LogP contribution in [0.4, 0.5) is 0 Å². The van der Waals surface area contributed by atoms with Crippen molar-refractivity contribution in [3.63, 3.8) is 0 Å². The zero-order valence-electron chi connectivity index (χ0n) is 36.9. The van der Waals surface area contributed by atoms with Crippen LogP contribution in [0.25, 0.3) is 0 Å². The molecule has 6 aliphatic carbocycles. The van der Waals surface area contributed by atoms with Crippen LogP contribution in [0.2, 0.25) is 5.02 Å². The van der Waals surface area contributed by atoms with Crippen LogP contribution < -0.4 is 10.1 Å². The van der Waals surface area contributed by atoms with Crippen molar-refractivity contribution < 1.29 is 23.1 Å². The van der Waals surface area contributed by atoms with Crippen molar-refractivity contribution in [1.82, 2.24) is 15.2 Å². The highest BCUT2D eigenvalue weighted by Gasteiger charge is 2.70. The zero-order valence-corrected chi connectivity index (χ0v) is 38.5. The highest BCUT2D eigenvalue weighted by Crippen LogP contribution is 2.76. The molecule has 0 spiro atoms. The van der Waals surface area contributed by atoms with Gasteiger partial charge in [-0.3, -0.25) is 4.79 Å². The number of sulfone groups is 1. The Kier molecular flexibility index (Phi) is 11.5. The molecule has 10 atom stereocenters. The molecule has 1 aromatic rings. The van der Waals surface area contributed by atoms with Gasteiger partial charge in [0.15, 0.2) is 9.84 Å². The van der Waals surface area contributed by atoms with Gasteiger partial charge in [0.2, 0.25) is 5.88 Å². The summed E-state index contributed by atoms with van der Waals surface area (Å²) in [5.41, 5.74) is 4.21. The van der Waals surface area contributed by atoms with E-state index in [1.54, 1.807) is 18.3 Å². The monoisotopic (exact) mass is 849 g/mol. The molecule has 0 aromatic carbocycles. The first kappa shape index (κ1) is 43.4. The Morgan fingerprint density at radius 1 is 0.983 bits per heavy atom. The molecule has 326 valence electrons. The number of rotatable bonds is 11. The molecular weight excluding hydrogens is 778 g/mol. The first-order chi connectivity index (χ1) is 27.8. The van der Waals surface area contributed by atoms with Gasteiger partial charge >= 0.3 is 5.97 Å². The van der Waals surface area contributed by atoms with Crippen molar-refractivity contribution in [3.05, 3.63) is 58.8 Å². The molecule has 59 heavy (non-hydrogen) atoms. The lowest BCUT2D eigenvalue weighted by atomic mass is 9.33. The Labute approximate surface area is 360 Å². The van der Waals surface area contributed by atoms with Crippen molar-refractivity contribution in [1.29, 1.82) is 0 Å². The van der Waals surface area contributed by atoms with Gasteiger partial charge in [-0.1, -0.05) is 70.5 Å². The first-order valence-electron chi connectivity index (χ1n) is 23.0. The second-order valence-electron chi connectivity index (χ2n) is 21.7. The van der Waals surface area contributed by atoms with Crippen molar-refractivity contribution in [2.75, 3.05) is 44.3 Å². The predicted molar refractivity (Wildman–Crippen MR) is 237 cm³/mol. The van der Waals surface area contributed by atoms with Gasteiger partial charge in [0.1, 0.15) is 0 Å². The Morgan fingerprint density at radius 3 is 2.42 bits per heavy atom. The molecule has 10 heteroatoms. The van der Waals surface area contributed by atoms with Gasteiger partial charge in [-0.25, -0.2) is 13.4 Å². The van der Waals surface area contributed by atoms with Crippen LogP contribution >= 0.6 is 11.6 Å². The number of carbonyl (C=O) groups is 1. The number of carboxylic acids is 1. The van der Waals surface area contributed by atoms with Crippen molar-refractivity contribution >= 4 is 27.4 Å². The van der Waals surface area contributed by atoms with E-state index in [9.17, 15) is 18.3 Å². The number of hydrogen-bond donors (Lipinski definition) is 2. The van der Waals surface area contributed by atoms with E-state index >= 15 is 0 Å². The number of ether oxygens (including phenoxy) is 1. The Bertz CT molecular complexity index is 1980. The van der Waals surface area contributed by atoms with Crippen LogP contribution in [0.1, 0.15) is 125 Å². The van der Waals surface area contributed by atoms with Gasteiger partial charge in [0.25, 0.3) is 0 Å². The fourth-order valence-corrected chi connectivity index (χ4v) is 17.0. The summed E-state index contributed by atoms with van der Waals surface area (Å²) in [4.78, 5) is 19.4. The maximum atomic E-state index is 12.8. The van der Waals surface area contributed by atoms with Crippen LogP contribution in [0.15, 0.2) is 53.8 Å². The maximum Gasteiger partial charge on any atom is 0.310 e. The van der Waals surface area contributed by atoms with Crippen LogP contribution in [0.3, 0.4) is 0 Å². The van der Waals surface area contributed by atoms with E-state index in [1.807, 2.05) is 0 Å². The maximum absolute atomic E-state index is 12.8. The van der Waals surface area contributed by atoms with Crippen molar-refractivity contribution in [2.24, 2.45) is 56.7 Å². The quantitative estimate of drug-likeness (QED) is 0.212. The molecule has 1 saturated heterocycles. The fourth-order valence-electron chi connectivity index (χ4n) is 15.5. The number of aromatic nitrogens is 1. The lowest BCUT2D eigenvalue weighted by Crippen LogP contribution is -2.68. The van der Waals surface area contributed by atoms with Crippen LogP contribution in [-0.2, 0) is 14.6 Å². The first-order valence-corrected chi connectivity index (χ1v) is 25.2. The van der Waals surface area contributed by atoms with Gasteiger partial charge in [0, 0.05) is 49.0 Å². The molecule has 0 radical (unpaired) electrons. The highest BCUT2D eigenvalue weighted by atomic mass is 35.5. The number of hydrogen-bond acceptors (Lipinski definition) is 7. The molecule has 4 saturated carbocycles. The molecular formula is C49H72ClN3O5S. The summed E-state index contributed by atoms with van der Waals surface area (Å²) in [6.45, 7) is 23.4. The van der Waals surface area contributed by atoms with E-state index in [2.05, 4.69) is 75.5 Å². The molecule has 5 fully saturated rings. The van der Waals surface area contributed by atoms with Gasteiger partial charge in [0.05, 0.1) is 23.5 Å². The van der Waals surface area contributed by atoms with Crippen molar-refractivity contribution in [3.8, 4) is 5.88 Å². The summed E-state index contributed by atoms with van der Waals surface area (Å²) in [6.07, 6.45) is 19.9. The number of halogens is 1. The van der Waals surface area contributed by atoms with Gasteiger partial charge in [-0.15, -0.1) is 0 Å². The molecule has 1 aliphatic heterocycles. The molecule has 1 aromatic heterocycles. The minimum Gasteiger partial charge on any atom is -0.481 e. The molecule has 8 rings (SSSR count). The molecule has 0 bridgehead atoms. The fraction of sp³-hybridized carbons (Fsp3) is 0.755. The largest absolute Gasteiger partial charge is 0.481 e. The Balaban J connectivity index is 0.991. The molecule has 0 amide bonds. The third kappa shape index (κ3) is 7.29. The third-order valence-corrected chi connectivity index (χ3v) is 20.8. The normalized spacial score (nSPS) is 41.3. The minimum atomic E-state index is -2.88. The smallest absolute Gasteiger partial charge is 0.310 e. The molecule has 1 unspecified atom stereocenters. The average molecular weight is 851 g/mol. The summed E-state index contributed by atoms with van der Waals surface area (Å²) < 4.78 is 30.1. The van der Waals surface area contributed by atoms with Gasteiger partial charge < -0.3 is 20.1 Å². The second kappa shape index (κ2) is 15.6. The zero-order chi connectivity index (χ0) is 42.2. The highest BCUT2D eigenvalue weighted by molar-refractivity contribution is 7.91. The summed E-state index contributed by atoms with van der Waals surface area (Å²) in [5.74, 6) is 3.30.